The van der Waals surface area contributed by atoms with Crippen LogP contribution in [0.5, 0.6) is 0 Å². The minimum absolute atomic E-state index is 0.161. The van der Waals surface area contributed by atoms with Gasteiger partial charge in [0.25, 0.3) is 0 Å². The Labute approximate surface area is 177 Å². The van der Waals surface area contributed by atoms with E-state index in [4.69, 9.17) is 9.98 Å². The molecule has 0 aliphatic carbocycles. The fourth-order valence-electron chi connectivity index (χ4n) is 3.98. The minimum Gasteiger partial charge on any atom is -0.378 e. The number of anilines is 1. The lowest BCUT2D eigenvalue weighted by atomic mass is 9.95. The maximum absolute atomic E-state index is 4.94. The zero-order chi connectivity index (χ0) is 20.5. The Morgan fingerprint density at radius 2 is 1.43 bits per heavy atom. The lowest BCUT2D eigenvalue weighted by molar-refractivity contribution is 0.595. The fourth-order valence-corrected chi connectivity index (χ4v) is 3.98. The van der Waals surface area contributed by atoms with E-state index in [2.05, 4.69) is 90.4 Å². The highest BCUT2D eigenvalue weighted by Gasteiger charge is 2.26. The van der Waals surface area contributed by atoms with Crippen LogP contribution in [0.3, 0.4) is 0 Å². The number of imidazole rings is 1. The molecule has 0 radical (unpaired) electrons. The molecule has 0 bridgehead atoms. The van der Waals surface area contributed by atoms with E-state index in [1.807, 2.05) is 24.3 Å². The molecule has 0 saturated carbocycles. The second kappa shape index (κ2) is 7.64. The van der Waals surface area contributed by atoms with Crippen molar-refractivity contribution in [2.24, 2.45) is 4.99 Å². The summed E-state index contributed by atoms with van der Waals surface area (Å²) in [6.45, 7) is 0. The van der Waals surface area contributed by atoms with Crippen LogP contribution in [0.1, 0.15) is 23.6 Å². The van der Waals surface area contributed by atoms with E-state index in [1.165, 1.54) is 11.3 Å². The Morgan fingerprint density at radius 3 is 2.07 bits per heavy atom. The predicted molar refractivity (Wildman–Crippen MR) is 124 cm³/mol. The highest BCUT2D eigenvalue weighted by molar-refractivity contribution is 6.02. The smallest absolute Gasteiger partial charge is 0.230 e. The summed E-state index contributed by atoms with van der Waals surface area (Å²) in [6.07, 6.45) is 2.98. The Hall–Kier alpha value is -3.66. The van der Waals surface area contributed by atoms with Crippen molar-refractivity contribution in [1.82, 2.24) is 9.55 Å². The van der Waals surface area contributed by atoms with Gasteiger partial charge in [-0.15, -0.1) is 0 Å². The van der Waals surface area contributed by atoms with Crippen molar-refractivity contribution in [3.05, 3.63) is 102 Å². The minimum atomic E-state index is 0.161. The summed E-state index contributed by atoms with van der Waals surface area (Å²) in [5.41, 5.74) is 6.76. The van der Waals surface area contributed by atoms with E-state index in [0.717, 1.165) is 34.9 Å². The molecule has 0 fully saturated rings. The highest BCUT2D eigenvalue weighted by atomic mass is 15.2. The lowest BCUT2D eigenvalue weighted by Gasteiger charge is -2.26. The van der Waals surface area contributed by atoms with Crippen LogP contribution in [0, 0.1) is 0 Å². The van der Waals surface area contributed by atoms with Gasteiger partial charge in [-0.25, -0.2) is 9.98 Å². The van der Waals surface area contributed by atoms with Gasteiger partial charge in [0.1, 0.15) is 0 Å². The predicted octanol–water partition coefficient (Wildman–Crippen LogP) is 5.73. The van der Waals surface area contributed by atoms with E-state index in [-0.39, 0.29) is 6.04 Å². The molecule has 0 N–H and O–H groups in total. The average molecular weight is 393 g/mol. The molecule has 148 valence electrons. The number of aliphatic imine (C=N–C) groups is 1. The van der Waals surface area contributed by atoms with Gasteiger partial charge in [0, 0.05) is 38.0 Å². The molecule has 0 spiro atoms. The first-order valence-corrected chi connectivity index (χ1v) is 10.2. The summed E-state index contributed by atoms with van der Waals surface area (Å²) in [5, 5.41) is 0. The Morgan fingerprint density at radius 1 is 0.800 bits per heavy atom. The van der Waals surface area contributed by atoms with Gasteiger partial charge in [0.05, 0.1) is 17.4 Å². The molecule has 5 rings (SSSR count). The second-order valence-corrected chi connectivity index (χ2v) is 7.83. The summed E-state index contributed by atoms with van der Waals surface area (Å²) in [7, 11) is 4.13. The van der Waals surface area contributed by atoms with Crippen molar-refractivity contribution in [2.45, 2.75) is 12.5 Å². The van der Waals surface area contributed by atoms with Crippen LogP contribution < -0.4 is 4.90 Å². The quantitative estimate of drug-likeness (QED) is 0.444. The monoisotopic (exact) mass is 392 g/mol. The second-order valence-electron chi connectivity index (χ2n) is 7.83. The zero-order valence-corrected chi connectivity index (χ0v) is 17.2. The number of rotatable bonds is 4. The maximum Gasteiger partial charge on any atom is 0.230 e. The van der Waals surface area contributed by atoms with Crippen molar-refractivity contribution < 1.29 is 0 Å². The van der Waals surface area contributed by atoms with Crippen LogP contribution >= 0.6 is 0 Å². The molecule has 0 saturated heterocycles. The van der Waals surface area contributed by atoms with Gasteiger partial charge in [-0.05, 0) is 23.3 Å². The Balaban J connectivity index is 1.61. The topological polar surface area (TPSA) is 33.4 Å². The van der Waals surface area contributed by atoms with Gasteiger partial charge in [-0.1, -0.05) is 72.8 Å². The van der Waals surface area contributed by atoms with Crippen molar-refractivity contribution in [3.63, 3.8) is 0 Å². The van der Waals surface area contributed by atoms with Gasteiger partial charge in [0.15, 0.2) is 0 Å². The molecule has 1 aromatic heterocycles. The molecular weight excluding hydrogens is 368 g/mol. The van der Waals surface area contributed by atoms with Crippen LogP contribution in [0.25, 0.3) is 11.3 Å². The highest BCUT2D eigenvalue weighted by Crippen LogP contribution is 2.36. The maximum atomic E-state index is 4.94. The standard InChI is InChI=1S/C26H24N4/c1-29(2)22-15-13-21(14-16-22)25-17-23(19-9-5-3-6-10-19)27-26-28-24(18-30(25)26)20-11-7-4-8-12-20/h3-16,18,25H,17H2,1-2H3/t25-/m0/s1. The molecule has 4 nitrogen and oxygen atoms in total. The molecule has 4 heteroatoms. The number of nitrogens with zero attached hydrogens (tertiary/aromatic N) is 4. The molecule has 4 aromatic rings. The van der Waals surface area contributed by atoms with Crippen molar-refractivity contribution >= 4 is 17.3 Å². The Bertz CT molecular complexity index is 1170. The van der Waals surface area contributed by atoms with Crippen LogP contribution in [-0.2, 0) is 0 Å². The summed E-state index contributed by atoms with van der Waals surface area (Å²) < 4.78 is 2.22. The summed E-state index contributed by atoms with van der Waals surface area (Å²) in [6, 6.07) is 29.7. The molecule has 1 atom stereocenters. The molecule has 1 aliphatic heterocycles. The van der Waals surface area contributed by atoms with E-state index in [9.17, 15) is 0 Å². The van der Waals surface area contributed by atoms with E-state index in [0.29, 0.717) is 0 Å². The van der Waals surface area contributed by atoms with Crippen LogP contribution in [-0.4, -0.2) is 29.4 Å². The summed E-state index contributed by atoms with van der Waals surface area (Å²) >= 11 is 0. The molecule has 2 heterocycles. The number of hydrogen-bond donors (Lipinski definition) is 0. The van der Waals surface area contributed by atoms with Gasteiger partial charge in [0.2, 0.25) is 5.95 Å². The van der Waals surface area contributed by atoms with Gasteiger partial charge in [-0.3, -0.25) is 0 Å². The van der Waals surface area contributed by atoms with E-state index in [1.54, 1.807) is 0 Å². The fraction of sp³-hybridized carbons (Fsp3) is 0.154. The molecule has 3 aromatic carbocycles. The third kappa shape index (κ3) is 3.41. The van der Waals surface area contributed by atoms with Crippen LogP contribution in [0.15, 0.2) is 96.1 Å². The normalized spacial score (nSPS) is 15.4. The van der Waals surface area contributed by atoms with Gasteiger partial charge >= 0.3 is 0 Å². The zero-order valence-electron chi connectivity index (χ0n) is 17.2. The van der Waals surface area contributed by atoms with Crippen molar-refractivity contribution in [3.8, 4) is 11.3 Å². The third-order valence-corrected chi connectivity index (χ3v) is 5.64. The van der Waals surface area contributed by atoms with Gasteiger partial charge < -0.3 is 9.47 Å². The molecule has 0 unspecified atom stereocenters. The molecule has 30 heavy (non-hydrogen) atoms. The first-order valence-electron chi connectivity index (χ1n) is 10.2. The SMILES string of the molecule is CN(C)c1ccc([C@@H]2CC(c3ccccc3)=Nc3nc(-c4ccccc4)cn32)cc1. The first kappa shape index (κ1) is 18.4. The van der Waals surface area contributed by atoms with Crippen LogP contribution in [0.4, 0.5) is 11.6 Å². The third-order valence-electron chi connectivity index (χ3n) is 5.64. The average Bonchev–Trinajstić information content (AvgIpc) is 3.24. The van der Waals surface area contributed by atoms with Gasteiger partial charge in [-0.2, -0.15) is 0 Å². The molecular formula is C26H24N4. The Kier molecular flexibility index (Phi) is 4.68. The largest absolute Gasteiger partial charge is 0.378 e. The summed E-state index contributed by atoms with van der Waals surface area (Å²) in [5.74, 6) is 0.764. The van der Waals surface area contributed by atoms with Crippen molar-refractivity contribution in [1.29, 1.82) is 0 Å². The lowest BCUT2D eigenvalue weighted by Crippen LogP contribution is -2.20. The number of benzene rings is 3. The number of hydrogen-bond acceptors (Lipinski definition) is 3. The van der Waals surface area contributed by atoms with E-state index < -0.39 is 0 Å². The van der Waals surface area contributed by atoms with Crippen LogP contribution in [0.2, 0.25) is 0 Å². The molecule has 1 aliphatic rings. The number of aromatic nitrogens is 2. The van der Waals surface area contributed by atoms with E-state index >= 15 is 0 Å². The number of fused-ring (bicyclic) bond motifs is 1. The summed E-state index contributed by atoms with van der Waals surface area (Å²) in [4.78, 5) is 12.0. The molecule has 0 amide bonds. The first-order chi connectivity index (χ1) is 14.7. The van der Waals surface area contributed by atoms with Crippen molar-refractivity contribution in [2.75, 3.05) is 19.0 Å².